The van der Waals surface area contributed by atoms with Crippen molar-refractivity contribution < 1.29 is 22.8 Å². The van der Waals surface area contributed by atoms with E-state index >= 15 is 0 Å². The van der Waals surface area contributed by atoms with Gasteiger partial charge in [0.2, 0.25) is 5.95 Å². The lowest BCUT2D eigenvalue weighted by Gasteiger charge is -2.14. The van der Waals surface area contributed by atoms with Crippen molar-refractivity contribution in [2.45, 2.75) is 20.0 Å². The highest BCUT2D eigenvalue weighted by Gasteiger charge is 2.31. The minimum Gasteiger partial charge on any atom is -0.398 e. The number of amides is 2. The SMILES string of the molecule is CNc1nc(Nc2ccc(C)c(N)c2)ncc1C(=O)Nc1cc(NC(=O)c2cccc(C(F)(F)F)c2)ccc1C. The van der Waals surface area contributed by atoms with Gasteiger partial charge < -0.3 is 27.0 Å². The molecule has 6 N–H and O–H groups in total. The number of nitrogens with one attached hydrogen (secondary N) is 4. The van der Waals surface area contributed by atoms with E-state index in [1.165, 1.54) is 18.3 Å². The smallest absolute Gasteiger partial charge is 0.398 e. The van der Waals surface area contributed by atoms with Gasteiger partial charge in [-0.3, -0.25) is 9.59 Å². The third-order valence-electron chi connectivity index (χ3n) is 6.00. The first-order valence-electron chi connectivity index (χ1n) is 12.0. The summed E-state index contributed by atoms with van der Waals surface area (Å²) in [6.07, 6.45) is -3.21. The Morgan fingerprint density at radius 2 is 1.60 bits per heavy atom. The Hall–Kier alpha value is -5.13. The largest absolute Gasteiger partial charge is 0.416 e. The highest BCUT2D eigenvalue weighted by molar-refractivity contribution is 6.08. The van der Waals surface area contributed by atoms with Crippen LogP contribution in [0.3, 0.4) is 0 Å². The molecule has 1 heterocycles. The van der Waals surface area contributed by atoms with Gasteiger partial charge >= 0.3 is 6.18 Å². The molecule has 0 radical (unpaired) electrons. The van der Waals surface area contributed by atoms with Gasteiger partial charge in [-0.2, -0.15) is 18.2 Å². The van der Waals surface area contributed by atoms with Gasteiger partial charge in [-0.15, -0.1) is 0 Å². The first kappa shape index (κ1) is 27.9. The Labute approximate surface area is 228 Å². The number of aromatic nitrogens is 2. The molecule has 206 valence electrons. The van der Waals surface area contributed by atoms with E-state index < -0.39 is 23.6 Å². The molecule has 4 rings (SSSR count). The standard InChI is InChI=1S/C28H26F3N7O2/c1-15-7-9-19(12-22(15)32)36-27-34-14-21(24(33-3)38-27)26(40)37-23-13-20(10-8-16(23)2)35-25(39)17-5-4-6-18(11-17)28(29,30)31/h4-14H,32H2,1-3H3,(H,35,39)(H,37,40)(H2,33,34,36,38). The number of carbonyl (C=O) groups excluding carboxylic acids is 2. The predicted molar refractivity (Wildman–Crippen MR) is 149 cm³/mol. The Morgan fingerprint density at radius 1 is 0.875 bits per heavy atom. The number of anilines is 6. The molecule has 0 fully saturated rings. The molecule has 12 heteroatoms. The van der Waals surface area contributed by atoms with Gasteiger partial charge in [0.1, 0.15) is 11.4 Å². The highest BCUT2D eigenvalue weighted by Crippen LogP contribution is 2.30. The summed E-state index contributed by atoms with van der Waals surface area (Å²) >= 11 is 0. The first-order valence-corrected chi connectivity index (χ1v) is 12.0. The third kappa shape index (κ3) is 6.46. The maximum Gasteiger partial charge on any atom is 0.416 e. The van der Waals surface area contributed by atoms with Crippen LogP contribution in [0.5, 0.6) is 0 Å². The molecule has 0 unspecified atom stereocenters. The number of rotatable bonds is 7. The van der Waals surface area contributed by atoms with Crippen LogP contribution in [0.15, 0.2) is 66.9 Å². The van der Waals surface area contributed by atoms with Crippen LogP contribution in [0.25, 0.3) is 0 Å². The molecule has 0 atom stereocenters. The van der Waals surface area contributed by atoms with Crippen molar-refractivity contribution in [1.29, 1.82) is 0 Å². The molecule has 0 aliphatic rings. The van der Waals surface area contributed by atoms with Crippen molar-refractivity contribution in [2.24, 2.45) is 0 Å². The minimum atomic E-state index is -4.57. The molecular formula is C28H26F3N7O2. The van der Waals surface area contributed by atoms with Gasteiger partial charge in [0.15, 0.2) is 0 Å². The van der Waals surface area contributed by atoms with Gasteiger partial charge in [-0.05, 0) is 67.4 Å². The molecule has 0 bridgehead atoms. The fourth-order valence-corrected chi connectivity index (χ4v) is 3.71. The lowest BCUT2D eigenvalue weighted by molar-refractivity contribution is -0.137. The molecule has 0 saturated carbocycles. The van der Waals surface area contributed by atoms with Crippen molar-refractivity contribution in [3.8, 4) is 0 Å². The molecular weight excluding hydrogens is 523 g/mol. The van der Waals surface area contributed by atoms with Crippen LogP contribution in [0.4, 0.5) is 47.7 Å². The number of nitrogens with zero attached hydrogens (tertiary/aromatic N) is 2. The van der Waals surface area contributed by atoms with Crippen LogP contribution >= 0.6 is 0 Å². The van der Waals surface area contributed by atoms with Gasteiger partial charge in [-0.1, -0.05) is 18.2 Å². The molecule has 0 spiro atoms. The Balaban J connectivity index is 1.50. The lowest BCUT2D eigenvalue weighted by atomic mass is 10.1. The van der Waals surface area contributed by atoms with Crippen LogP contribution < -0.4 is 27.0 Å². The zero-order chi connectivity index (χ0) is 29.0. The average molecular weight is 550 g/mol. The number of hydrogen-bond donors (Lipinski definition) is 5. The minimum absolute atomic E-state index is 0.154. The third-order valence-corrected chi connectivity index (χ3v) is 6.00. The van der Waals surface area contributed by atoms with Crippen LogP contribution in [0.2, 0.25) is 0 Å². The number of carbonyl (C=O) groups is 2. The van der Waals surface area contributed by atoms with E-state index in [9.17, 15) is 22.8 Å². The number of nitrogens with two attached hydrogens (primary N) is 1. The van der Waals surface area contributed by atoms with Crippen LogP contribution in [0, 0.1) is 13.8 Å². The van der Waals surface area contributed by atoms with E-state index in [-0.39, 0.29) is 28.6 Å². The number of alkyl halides is 3. The van der Waals surface area contributed by atoms with Crippen molar-refractivity contribution in [3.63, 3.8) is 0 Å². The molecule has 0 aliphatic carbocycles. The zero-order valence-corrected chi connectivity index (χ0v) is 21.8. The summed E-state index contributed by atoms with van der Waals surface area (Å²) in [5, 5.41) is 11.3. The Morgan fingerprint density at radius 3 is 2.30 bits per heavy atom. The predicted octanol–water partition coefficient (Wildman–Crippen LogP) is 5.98. The number of halogens is 3. The van der Waals surface area contributed by atoms with Gasteiger partial charge in [-0.25, -0.2) is 4.98 Å². The molecule has 2 amide bonds. The van der Waals surface area contributed by atoms with E-state index in [2.05, 4.69) is 31.2 Å². The summed E-state index contributed by atoms with van der Waals surface area (Å²) < 4.78 is 39.1. The molecule has 9 nitrogen and oxygen atoms in total. The maximum absolute atomic E-state index is 13.1. The molecule has 0 saturated heterocycles. The van der Waals surface area contributed by atoms with Gasteiger partial charge in [0.25, 0.3) is 11.8 Å². The Bertz CT molecular complexity index is 1590. The molecule has 3 aromatic carbocycles. The van der Waals surface area contributed by atoms with Crippen molar-refractivity contribution in [3.05, 3.63) is 94.7 Å². The summed E-state index contributed by atoms with van der Waals surface area (Å²) in [5.74, 6) is -0.724. The monoisotopic (exact) mass is 549 g/mol. The van der Waals surface area contributed by atoms with E-state index in [0.717, 1.165) is 23.8 Å². The van der Waals surface area contributed by atoms with Crippen molar-refractivity contribution in [1.82, 2.24) is 9.97 Å². The molecule has 4 aromatic rings. The lowest BCUT2D eigenvalue weighted by Crippen LogP contribution is -2.17. The van der Waals surface area contributed by atoms with Crippen LogP contribution in [-0.4, -0.2) is 28.8 Å². The summed E-state index contributed by atoms with van der Waals surface area (Å²) in [4.78, 5) is 34.3. The van der Waals surface area contributed by atoms with E-state index in [4.69, 9.17) is 5.73 Å². The van der Waals surface area contributed by atoms with Gasteiger partial charge in [0.05, 0.1) is 5.56 Å². The molecule has 40 heavy (non-hydrogen) atoms. The number of benzene rings is 3. The van der Waals surface area contributed by atoms with Gasteiger partial charge in [0, 0.05) is 41.6 Å². The van der Waals surface area contributed by atoms with Crippen LogP contribution in [0.1, 0.15) is 37.4 Å². The summed E-state index contributed by atoms with van der Waals surface area (Å²) in [6.45, 7) is 3.65. The summed E-state index contributed by atoms with van der Waals surface area (Å²) in [6, 6.07) is 14.3. The molecule has 0 aliphatic heterocycles. The second kappa shape index (κ2) is 11.3. The second-order valence-electron chi connectivity index (χ2n) is 8.92. The highest BCUT2D eigenvalue weighted by atomic mass is 19.4. The van der Waals surface area contributed by atoms with Crippen molar-refractivity contribution in [2.75, 3.05) is 34.0 Å². The Kier molecular flexibility index (Phi) is 7.89. The maximum atomic E-state index is 13.1. The van der Waals surface area contributed by atoms with Crippen molar-refractivity contribution >= 4 is 46.3 Å². The fourth-order valence-electron chi connectivity index (χ4n) is 3.71. The summed E-state index contributed by atoms with van der Waals surface area (Å²) in [5.41, 5.74) is 8.62. The summed E-state index contributed by atoms with van der Waals surface area (Å²) in [7, 11) is 1.61. The number of hydrogen-bond acceptors (Lipinski definition) is 7. The fraction of sp³-hybridized carbons (Fsp3) is 0.143. The zero-order valence-electron chi connectivity index (χ0n) is 21.8. The van der Waals surface area contributed by atoms with Crippen LogP contribution in [-0.2, 0) is 6.18 Å². The first-order chi connectivity index (χ1) is 18.9. The quantitative estimate of drug-likeness (QED) is 0.179. The van der Waals surface area contributed by atoms with E-state index in [1.54, 1.807) is 32.2 Å². The topological polar surface area (TPSA) is 134 Å². The van der Waals surface area contributed by atoms with E-state index in [1.807, 2.05) is 19.1 Å². The number of nitrogen functional groups attached to an aromatic ring is 1. The average Bonchev–Trinajstić information content (AvgIpc) is 2.92. The molecule has 1 aromatic heterocycles. The van der Waals surface area contributed by atoms with E-state index in [0.29, 0.717) is 22.6 Å². The normalized spacial score (nSPS) is 11.1. The number of aryl methyl sites for hydroxylation is 2. The second-order valence-corrected chi connectivity index (χ2v) is 8.92.